The van der Waals surface area contributed by atoms with Gasteiger partial charge in [0.1, 0.15) is 0 Å². The summed E-state index contributed by atoms with van der Waals surface area (Å²) < 4.78 is 38.5. The maximum Gasteiger partial charge on any atom is 0.416 e. The Labute approximate surface area is 191 Å². The highest BCUT2D eigenvalue weighted by Crippen LogP contribution is 2.30. The van der Waals surface area contributed by atoms with Crippen molar-refractivity contribution in [3.05, 3.63) is 54.1 Å². The topological polar surface area (TPSA) is 64.7 Å². The first kappa shape index (κ1) is 24.4. The highest BCUT2D eigenvalue weighted by atomic mass is 19.4. The molecule has 0 aromatic heterocycles. The van der Waals surface area contributed by atoms with E-state index in [2.05, 4.69) is 15.5 Å². The van der Waals surface area contributed by atoms with Crippen LogP contribution in [-0.4, -0.2) is 43.0 Å². The minimum absolute atomic E-state index is 0.0553. The van der Waals surface area contributed by atoms with Crippen LogP contribution in [-0.2, 0) is 11.0 Å². The molecule has 178 valence electrons. The predicted molar refractivity (Wildman–Crippen MR) is 123 cm³/mol. The largest absolute Gasteiger partial charge is 0.416 e. The first-order chi connectivity index (χ1) is 15.7. The van der Waals surface area contributed by atoms with Gasteiger partial charge in [0.05, 0.1) is 5.56 Å². The molecule has 6 nitrogen and oxygen atoms in total. The number of halogens is 3. The summed E-state index contributed by atoms with van der Waals surface area (Å²) >= 11 is 0. The smallest absolute Gasteiger partial charge is 0.368 e. The van der Waals surface area contributed by atoms with Crippen LogP contribution < -0.4 is 15.5 Å². The Morgan fingerprint density at radius 3 is 2.09 bits per heavy atom. The number of benzene rings is 2. The van der Waals surface area contributed by atoms with Gasteiger partial charge in [0.15, 0.2) is 0 Å². The highest BCUT2D eigenvalue weighted by Gasteiger charge is 2.30. The standard InChI is InChI=1S/C24H29F3N4O2/c1-3-17(4-2)22(32)31-14-12-30(13-15-31)21-10-8-19(9-11-21)28-23(33)29-20-7-5-6-18(16-20)24(25,26)27/h5-11,16-17H,3-4,12-15H2,1-2H3,(H2,28,29,33). The zero-order chi connectivity index (χ0) is 24.0. The van der Waals surface area contributed by atoms with Gasteiger partial charge in [-0.05, 0) is 55.3 Å². The van der Waals surface area contributed by atoms with Crippen LogP contribution in [0, 0.1) is 5.92 Å². The van der Waals surface area contributed by atoms with Crippen LogP contribution in [0.25, 0.3) is 0 Å². The molecule has 2 N–H and O–H groups in total. The van der Waals surface area contributed by atoms with Crippen molar-refractivity contribution in [3.63, 3.8) is 0 Å². The molecule has 0 unspecified atom stereocenters. The van der Waals surface area contributed by atoms with E-state index in [1.807, 2.05) is 30.9 Å². The number of amides is 3. The Hall–Kier alpha value is -3.23. The fraction of sp³-hybridized carbons (Fsp3) is 0.417. The number of nitrogens with one attached hydrogen (secondary N) is 2. The molecule has 0 bridgehead atoms. The van der Waals surface area contributed by atoms with Gasteiger partial charge < -0.3 is 20.4 Å². The monoisotopic (exact) mass is 462 g/mol. The van der Waals surface area contributed by atoms with Crippen molar-refractivity contribution in [3.8, 4) is 0 Å². The molecule has 1 fully saturated rings. The number of carbonyl (C=O) groups is 2. The van der Waals surface area contributed by atoms with E-state index < -0.39 is 17.8 Å². The van der Waals surface area contributed by atoms with Crippen LogP contribution in [0.5, 0.6) is 0 Å². The molecule has 9 heteroatoms. The number of carbonyl (C=O) groups excluding carboxylic acids is 2. The second-order valence-corrected chi connectivity index (χ2v) is 8.03. The van der Waals surface area contributed by atoms with Gasteiger partial charge in [0.25, 0.3) is 0 Å². The van der Waals surface area contributed by atoms with Gasteiger partial charge in [-0.2, -0.15) is 13.2 Å². The molecule has 33 heavy (non-hydrogen) atoms. The Morgan fingerprint density at radius 1 is 0.909 bits per heavy atom. The van der Waals surface area contributed by atoms with E-state index in [0.29, 0.717) is 18.8 Å². The zero-order valence-electron chi connectivity index (χ0n) is 18.8. The number of alkyl halides is 3. The summed E-state index contributed by atoms with van der Waals surface area (Å²) in [6.45, 7) is 6.89. The maximum atomic E-state index is 12.8. The average molecular weight is 463 g/mol. The lowest BCUT2D eigenvalue weighted by atomic mass is 10.0. The van der Waals surface area contributed by atoms with Crippen molar-refractivity contribution in [2.24, 2.45) is 5.92 Å². The summed E-state index contributed by atoms with van der Waals surface area (Å²) in [6, 6.07) is 11.1. The number of piperazine rings is 1. The second-order valence-electron chi connectivity index (χ2n) is 8.03. The van der Waals surface area contributed by atoms with Gasteiger partial charge in [-0.25, -0.2) is 4.79 Å². The molecule has 2 aromatic rings. The van der Waals surface area contributed by atoms with Gasteiger partial charge >= 0.3 is 12.2 Å². The van der Waals surface area contributed by atoms with Gasteiger partial charge in [-0.3, -0.25) is 4.79 Å². The van der Waals surface area contributed by atoms with Crippen molar-refractivity contribution < 1.29 is 22.8 Å². The Morgan fingerprint density at radius 2 is 1.52 bits per heavy atom. The number of nitrogens with zero attached hydrogens (tertiary/aromatic N) is 2. The first-order valence-electron chi connectivity index (χ1n) is 11.1. The van der Waals surface area contributed by atoms with E-state index >= 15 is 0 Å². The third-order valence-corrected chi connectivity index (χ3v) is 5.86. The fourth-order valence-electron chi connectivity index (χ4n) is 3.90. The van der Waals surface area contributed by atoms with Gasteiger partial charge in [-0.15, -0.1) is 0 Å². The number of urea groups is 1. The predicted octanol–water partition coefficient (Wildman–Crippen LogP) is 5.43. The summed E-state index contributed by atoms with van der Waals surface area (Å²) in [5, 5.41) is 5.04. The molecule has 1 aliphatic heterocycles. The SMILES string of the molecule is CCC(CC)C(=O)N1CCN(c2ccc(NC(=O)Nc3cccc(C(F)(F)F)c3)cc2)CC1. The maximum absolute atomic E-state index is 12.8. The normalized spacial score (nSPS) is 14.4. The molecular formula is C24H29F3N4O2. The van der Waals surface area contributed by atoms with Crippen LogP contribution in [0.4, 0.5) is 35.0 Å². The van der Waals surface area contributed by atoms with Crippen LogP contribution in [0.15, 0.2) is 48.5 Å². The van der Waals surface area contributed by atoms with E-state index in [9.17, 15) is 22.8 Å². The summed E-state index contributed by atoms with van der Waals surface area (Å²) in [7, 11) is 0. The van der Waals surface area contributed by atoms with Crippen molar-refractivity contribution in [1.29, 1.82) is 0 Å². The van der Waals surface area contributed by atoms with E-state index in [0.717, 1.165) is 43.8 Å². The molecule has 0 atom stereocenters. The van der Waals surface area contributed by atoms with Crippen molar-refractivity contribution in [1.82, 2.24) is 4.90 Å². The molecule has 0 radical (unpaired) electrons. The zero-order valence-corrected chi connectivity index (χ0v) is 18.8. The van der Waals surface area contributed by atoms with Crippen LogP contribution in [0.3, 0.4) is 0 Å². The molecule has 3 amide bonds. The minimum atomic E-state index is -4.48. The minimum Gasteiger partial charge on any atom is -0.368 e. The van der Waals surface area contributed by atoms with E-state index in [1.165, 1.54) is 12.1 Å². The fourth-order valence-corrected chi connectivity index (χ4v) is 3.90. The average Bonchev–Trinajstić information content (AvgIpc) is 2.80. The van der Waals surface area contributed by atoms with Crippen LogP contribution in [0.1, 0.15) is 32.3 Å². The molecule has 0 spiro atoms. The number of rotatable bonds is 6. The lowest BCUT2D eigenvalue weighted by Crippen LogP contribution is -2.50. The van der Waals surface area contributed by atoms with Crippen molar-refractivity contribution in [2.75, 3.05) is 41.7 Å². The third-order valence-electron chi connectivity index (χ3n) is 5.86. The molecule has 1 heterocycles. The van der Waals surface area contributed by atoms with Crippen LogP contribution in [0.2, 0.25) is 0 Å². The van der Waals surface area contributed by atoms with Crippen molar-refractivity contribution in [2.45, 2.75) is 32.9 Å². The molecule has 1 saturated heterocycles. The van der Waals surface area contributed by atoms with Crippen molar-refractivity contribution >= 4 is 29.0 Å². The first-order valence-corrected chi connectivity index (χ1v) is 11.1. The Kier molecular flexibility index (Phi) is 7.84. The Balaban J connectivity index is 1.53. The van der Waals surface area contributed by atoms with Gasteiger partial charge in [0, 0.05) is 49.2 Å². The molecular weight excluding hydrogens is 433 g/mol. The molecule has 0 saturated carbocycles. The van der Waals surface area contributed by atoms with Crippen LogP contribution >= 0.6 is 0 Å². The number of anilines is 3. The van der Waals surface area contributed by atoms with E-state index in [1.54, 1.807) is 12.1 Å². The highest BCUT2D eigenvalue weighted by molar-refractivity contribution is 5.99. The third kappa shape index (κ3) is 6.40. The summed E-state index contributed by atoms with van der Waals surface area (Å²) in [5.41, 5.74) is 0.727. The Bertz CT molecular complexity index is 951. The number of hydrogen-bond acceptors (Lipinski definition) is 3. The summed E-state index contributed by atoms with van der Waals surface area (Å²) in [4.78, 5) is 28.9. The summed E-state index contributed by atoms with van der Waals surface area (Å²) in [5.74, 6) is 0.315. The molecule has 3 rings (SSSR count). The molecule has 2 aromatic carbocycles. The number of hydrogen-bond donors (Lipinski definition) is 2. The lowest BCUT2D eigenvalue weighted by molar-refractivity contribution is -0.137. The lowest BCUT2D eigenvalue weighted by Gasteiger charge is -2.37. The second kappa shape index (κ2) is 10.6. The molecule has 1 aliphatic rings. The van der Waals surface area contributed by atoms with Gasteiger partial charge in [0.2, 0.25) is 5.91 Å². The van der Waals surface area contributed by atoms with E-state index in [-0.39, 0.29) is 17.5 Å². The molecule has 0 aliphatic carbocycles. The summed E-state index contributed by atoms with van der Waals surface area (Å²) in [6.07, 6.45) is -2.77. The quantitative estimate of drug-likeness (QED) is 0.601. The van der Waals surface area contributed by atoms with Gasteiger partial charge in [-0.1, -0.05) is 19.9 Å². The van der Waals surface area contributed by atoms with E-state index in [4.69, 9.17) is 0 Å².